The highest BCUT2D eigenvalue weighted by atomic mass is 19.1. The first kappa shape index (κ1) is 12.0. The molecule has 0 bridgehead atoms. The summed E-state index contributed by atoms with van der Waals surface area (Å²) in [5.41, 5.74) is -1.44. The Morgan fingerprint density at radius 2 is 2.06 bits per heavy atom. The van der Waals surface area contributed by atoms with Crippen molar-refractivity contribution in [3.8, 4) is 0 Å². The minimum absolute atomic E-state index is 0.0439. The van der Waals surface area contributed by atoms with Gasteiger partial charge >= 0.3 is 5.69 Å². The number of rotatable bonds is 3. The molecule has 0 saturated carbocycles. The Hall–Kier alpha value is -2.51. The molecule has 0 radical (unpaired) electrons. The molecule has 0 unspecified atom stereocenters. The Morgan fingerprint density at radius 1 is 1.28 bits per heavy atom. The molecule has 2 rings (SSSR count). The quantitative estimate of drug-likeness (QED) is 0.737. The van der Waals surface area contributed by atoms with Crippen molar-refractivity contribution in [2.45, 2.75) is 6.54 Å². The molecule has 1 aromatic heterocycles. The van der Waals surface area contributed by atoms with Crippen LogP contribution in [0.4, 0.5) is 14.6 Å². The van der Waals surface area contributed by atoms with Crippen LogP contribution in [0.3, 0.4) is 0 Å². The monoisotopic (exact) mass is 254 g/mol. The zero-order chi connectivity index (χ0) is 13.1. The van der Waals surface area contributed by atoms with Crippen LogP contribution in [0.25, 0.3) is 0 Å². The largest absolute Gasteiger partial charge is 0.360 e. The van der Waals surface area contributed by atoms with Gasteiger partial charge in [0.15, 0.2) is 0 Å². The summed E-state index contributed by atoms with van der Waals surface area (Å²) < 4.78 is 26.1. The standard InChI is InChI=1S/C10H8F2N4O2/c11-6-1-2-7(12)5(3-6)4-13-8-9(17)14-10(18)16-15-8/h1-3H,4H2,(H,13,15)(H2,14,16,17,18). The zero-order valence-corrected chi connectivity index (χ0v) is 8.96. The van der Waals surface area contributed by atoms with E-state index in [1.165, 1.54) is 0 Å². The van der Waals surface area contributed by atoms with Crippen LogP contribution < -0.4 is 16.6 Å². The maximum Gasteiger partial charge on any atom is 0.342 e. The van der Waals surface area contributed by atoms with Gasteiger partial charge in [0.25, 0.3) is 5.56 Å². The van der Waals surface area contributed by atoms with E-state index in [9.17, 15) is 18.4 Å². The third kappa shape index (κ3) is 2.59. The molecule has 1 aromatic carbocycles. The molecule has 1 heterocycles. The van der Waals surface area contributed by atoms with Crippen LogP contribution in [-0.4, -0.2) is 15.2 Å². The first-order valence-electron chi connectivity index (χ1n) is 4.93. The van der Waals surface area contributed by atoms with Crippen molar-refractivity contribution in [3.05, 3.63) is 56.2 Å². The van der Waals surface area contributed by atoms with Crippen molar-refractivity contribution in [2.24, 2.45) is 0 Å². The van der Waals surface area contributed by atoms with E-state index in [0.29, 0.717) is 0 Å². The van der Waals surface area contributed by atoms with Gasteiger partial charge in [0.2, 0.25) is 5.82 Å². The molecule has 0 aliphatic heterocycles. The second kappa shape index (κ2) is 4.78. The van der Waals surface area contributed by atoms with Gasteiger partial charge in [-0.05, 0) is 18.2 Å². The molecule has 0 amide bonds. The molecule has 8 heteroatoms. The molecule has 0 aliphatic rings. The van der Waals surface area contributed by atoms with Crippen molar-refractivity contribution in [1.82, 2.24) is 15.2 Å². The molecule has 3 N–H and O–H groups in total. The number of hydrogen-bond acceptors (Lipinski definition) is 4. The lowest BCUT2D eigenvalue weighted by molar-refractivity contribution is 0.587. The van der Waals surface area contributed by atoms with E-state index >= 15 is 0 Å². The van der Waals surface area contributed by atoms with E-state index in [4.69, 9.17) is 0 Å². The first-order chi connectivity index (χ1) is 8.56. The average Bonchev–Trinajstić information content (AvgIpc) is 2.32. The lowest BCUT2D eigenvalue weighted by Crippen LogP contribution is -2.26. The van der Waals surface area contributed by atoms with Gasteiger partial charge in [0.05, 0.1) is 0 Å². The number of nitrogens with one attached hydrogen (secondary N) is 3. The van der Waals surface area contributed by atoms with Crippen molar-refractivity contribution in [3.63, 3.8) is 0 Å². The average molecular weight is 254 g/mol. The van der Waals surface area contributed by atoms with Crippen LogP contribution in [0.2, 0.25) is 0 Å². The predicted octanol–water partition coefficient (Wildman–Crippen LogP) is 0.348. The SMILES string of the molecule is O=c1[nH]nc(NCc2cc(F)ccc2F)c(=O)[nH]1. The summed E-state index contributed by atoms with van der Waals surface area (Å²) in [4.78, 5) is 23.9. The van der Waals surface area contributed by atoms with E-state index in [1.807, 2.05) is 10.1 Å². The summed E-state index contributed by atoms with van der Waals surface area (Å²) in [7, 11) is 0. The molecule has 94 valence electrons. The molecular weight excluding hydrogens is 246 g/mol. The van der Waals surface area contributed by atoms with Gasteiger partial charge in [-0.2, -0.15) is 0 Å². The fourth-order valence-corrected chi connectivity index (χ4v) is 1.33. The molecule has 0 spiro atoms. The van der Waals surface area contributed by atoms with Crippen LogP contribution in [-0.2, 0) is 6.54 Å². The normalized spacial score (nSPS) is 10.3. The zero-order valence-electron chi connectivity index (χ0n) is 8.96. The number of H-pyrrole nitrogens is 2. The molecule has 0 fully saturated rings. The van der Waals surface area contributed by atoms with Crippen LogP contribution in [0, 0.1) is 11.6 Å². The van der Waals surface area contributed by atoms with Gasteiger partial charge in [0, 0.05) is 12.1 Å². The van der Waals surface area contributed by atoms with Gasteiger partial charge in [-0.1, -0.05) is 0 Å². The highest BCUT2D eigenvalue weighted by molar-refractivity contribution is 5.31. The van der Waals surface area contributed by atoms with Crippen LogP contribution in [0.1, 0.15) is 5.56 Å². The number of benzene rings is 1. The van der Waals surface area contributed by atoms with E-state index in [0.717, 1.165) is 18.2 Å². The van der Waals surface area contributed by atoms with Gasteiger partial charge in [-0.25, -0.2) is 18.7 Å². The second-order valence-electron chi connectivity index (χ2n) is 3.44. The van der Waals surface area contributed by atoms with Gasteiger partial charge in [-0.3, -0.25) is 9.78 Å². The number of aromatic nitrogens is 3. The van der Waals surface area contributed by atoms with Gasteiger partial charge in [-0.15, -0.1) is 5.10 Å². The topological polar surface area (TPSA) is 90.6 Å². The Morgan fingerprint density at radius 3 is 2.78 bits per heavy atom. The minimum Gasteiger partial charge on any atom is -0.360 e. The highest BCUT2D eigenvalue weighted by Gasteiger charge is 2.06. The number of hydrogen-bond donors (Lipinski definition) is 3. The van der Waals surface area contributed by atoms with E-state index in [2.05, 4.69) is 10.4 Å². The number of halogens is 2. The van der Waals surface area contributed by atoms with Crippen molar-refractivity contribution < 1.29 is 8.78 Å². The van der Waals surface area contributed by atoms with Crippen LogP contribution in [0.5, 0.6) is 0 Å². The second-order valence-corrected chi connectivity index (χ2v) is 3.44. The predicted molar refractivity (Wildman–Crippen MR) is 59.2 cm³/mol. The maximum absolute atomic E-state index is 13.3. The Bertz CT molecular complexity index is 680. The molecule has 0 saturated heterocycles. The van der Waals surface area contributed by atoms with Crippen molar-refractivity contribution in [2.75, 3.05) is 5.32 Å². The lowest BCUT2D eigenvalue weighted by atomic mass is 10.2. The summed E-state index contributed by atoms with van der Waals surface area (Å²) in [5.74, 6) is -1.38. The van der Waals surface area contributed by atoms with E-state index < -0.39 is 22.9 Å². The molecule has 18 heavy (non-hydrogen) atoms. The molecule has 2 aromatic rings. The van der Waals surface area contributed by atoms with Crippen molar-refractivity contribution >= 4 is 5.82 Å². The summed E-state index contributed by atoms with van der Waals surface area (Å²) in [6, 6.07) is 2.98. The van der Waals surface area contributed by atoms with Gasteiger partial charge < -0.3 is 5.32 Å². The number of anilines is 1. The number of aromatic amines is 2. The molecule has 0 atom stereocenters. The third-order valence-corrected chi connectivity index (χ3v) is 2.17. The third-order valence-electron chi connectivity index (χ3n) is 2.17. The molecule has 0 aliphatic carbocycles. The lowest BCUT2D eigenvalue weighted by Gasteiger charge is -2.05. The van der Waals surface area contributed by atoms with Crippen LogP contribution >= 0.6 is 0 Å². The van der Waals surface area contributed by atoms with Crippen LogP contribution in [0.15, 0.2) is 27.8 Å². The number of nitrogens with zero attached hydrogens (tertiary/aromatic N) is 1. The summed E-state index contributed by atoms with van der Waals surface area (Å²) >= 11 is 0. The first-order valence-corrected chi connectivity index (χ1v) is 4.93. The summed E-state index contributed by atoms with van der Waals surface area (Å²) in [6.07, 6.45) is 0. The van der Waals surface area contributed by atoms with Crippen molar-refractivity contribution in [1.29, 1.82) is 0 Å². The Labute approximate surface area is 98.7 Å². The fourth-order valence-electron chi connectivity index (χ4n) is 1.33. The van der Waals surface area contributed by atoms with E-state index in [-0.39, 0.29) is 17.9 Å². The smallest absolute Gasteiger partial charge is 0.342 e. The molecule has 6 nitrogen and oxygen atoms in total. The Kier molecular flexibility index (Phi) is 3.18. The maximum atomic E-state index is 13.3. The van der Waals surface area contributed by atoms with E-state index in [1.54, 1.807) is 0 Å². The highest BCUT2D eigenvalue weighted by Crippen LogP contribution is 2.10. The Balaban J connectivity index is 2.19. The minimum atomic E-state index is -0.748. The molecular formula is C10H8F2N4O2. The van der Waals surface area contributed by atoms with Gasteiger partial charge in [0.1, 0.15) is 11.6 Å². The fraction of sp³-hybridized carbons (Fsp3) is 0.100. The summed E-state index contributed by atoms with van der Waals surface area (Å²) in [5, 5.41) is 7.94. The summed E-state index contributed by atoms with van der Waals surface area (Å²) in [6.45, 7) is -0.133.